The van der Waals surface area contributed by atoms with Gasteiger partial charge in [-0.2, -0.15) is 4.31 Å². The highest BCUT2D eigenvalue weighted by atomic mass is 32.2. The summed E-state index contributed by atoms with van der Waals surface area (Å²) in [4.78, 5) is 4.77. The van der Waals surface area contributed by atoms with Crippen molar-refractivity contribution < 1.29 is 17.3 Å². The monoisotopic (exact) mass is 430 g/mol. The average molecular weight is 431 g/mol. The number of sulfonamides is 1. The van der Waals surface area contributed by atoms with E-state index in [0.717, 1.165) is 17.1 Å². The van der Waals surface area contributed by atoms with Crippen LogP contribution in [0.2, 0.25) is 0 Å². The van der Waals surface area contributed by atoms with E-state index < -0.39 is 10.0 Å². The minimum absolute atomic E-state index is 0.0341. The molecule has 9 heteroatoms. The van der Waals surface area contributed by atoms with E-state index in [0.29, 0.717) is 36.7 Å². The van der Waals surface area contributed by atoms with Crippen molar-refractivity contribution >= 4 is 21.4 Å². The molecule has 3 aromatic rings. The van der Waals surface area contributed by atoms with Crippen LogP contribution in [0.4, 0.5) is 15.8 Å². The molecular weight excluding hydrogens is 407 g/mol. The fraction of sp³-hybridized carbons (Fsp3) is 0.333. The lowest BCUT2D eigenvalue weighted by molar-refractivity contribution is 0.389. The van der Waals surface area contributed by atoms with Gasteiger partial charge >= 0.3 is 0 Å². The Kier molecular flexibility index (Phi) is 5.33. The Morgan fingerprint density at radius 3 is 2.67 bits per heavy atom. The van der Waals surface area contributed by atoms with Crippen LogP contribution in [0.5, 0.6) is 0 Å². The van der Waals surface area contributed by atoms with Crippen LogP contribution >= 0.6 is 0 Å². The minimum Gasteiger partial charge on any atom is -0.360 e. The van der Waals surface area contributed by atoms with Gasteiger partial charge in [0.15, 0.2) is 5.76 Å². The van der Waals surface area contributed by atoms with Gasteiger partial charge in [-0.15, -0.1) is 0 Å². The third-order valence-electron chi connectivity index (χ3n) is 5.22. The Bertz CT molecular complexity index is 1170. The zero-order valence-electron chi connectivity index (χ0n) is 17.0. The zero-order valence-corrected chi connectivity index (χ0v) is 17.8. The fourth-order valence-corrected chi connectivity index (χ4v) is 5.66. The van der Waals surface area contributed by atoms with Gasteiger partial charge in [0.1, 0.15) is 16.4 Å². The van der Waals surface area contributed by atoms with Gasteiger partial charge in [-0.25, -0.2) is 12.8 Å². The second-order valence-electron chi connectivity index (χ2n) is 7.56. The first-order chi connectivity index (χ1) is 14.2. The lowest BCUT2D eigenvalue weighted by Gasteiger charge is -2.17. The summed E-state index contributed by atoms with van der Waals surface area (Å²) < 4.78 is 46.1. The van der Waals surface area contributed by atoms with E-state index in [1.807, 2.05) is 19.1 Å². The number of nitrogens with one attached hydrogen (secondary N) is 1. The summed E-state index contributed by atoms with van der Waals surface area (Å²) in [5.74, 6) is -0.0543. The predicted molar refractivity (Wildman–Crippen MR) is 111 cm³/mol. The summed E-state index contributed by atoms with van der Waals surface area (Å²) in [6.45, 7) is 5.85. The maximum atomic E-state index is 13.5. The van der Waals surface area contributed by atoms with Crippen molar-refractivity contribution in [3.8, 4) is 0 Å². The Hall–Kier alpha value is -2.78. The molecule has 30 heavy (non-hydrogen) atoms. The fourth-order valence-electron chi connectivity index (χ4n) is 3.87. The van der Waals surface area contributed by atoms with Crippen LogP contribution < -0.4 is 5.32 Å². The molecule has 0 saturated carbocycles. The number of pyridine rings is 1. The van der Waals surface area contributed by atoms with Gasteiger partial charge in [-0.05, 0) is 57.5 Å². The molecule has 0 aliphatic carbocycles. The number of benzene rings is 1. The maximum absolute atomic E-state index is 13.5. The molecule has 1 saturated heterocycles. The van der Waals surface area contributed by atoms with Gasteiger partial charge in [0, 0.05) is 41.8 Å². The van der Waals surface area contributed by atoms with Crippen molar-refractivity contribution in [3.63, 3.8) is 0 Å². The number of nitrogens with zero attached hydrogens (tertiary/aromatic N) is 3. The van der Waals surface area contributed by atoms with Gasteiger partial charge in [-0.3, -0.25) is 4.98 Å². The first kappa shape index (κ1) is 20.5. The third-order valence-corrected chi connectivity index (χ3v) is 7.33. The second-order valence-corrected chi connectivity index (χ2v) is 9.43. The number of aromatic nitrogens is 2. The van der Waals surface area contributed by atoms with Crippen molar-refractivity contribution in [2.75, 3.05) is 18.4 Å². The standard InChI is InChI=1S/C21H23FN4O3S/c1-13-9-19(24-18-6-4-5-17(22)10-18)11-20(23-13)16-7-8-26(12-16)30(27,28)21-14(2)25-29-15(21)3/h4-6,9-11,16H,7-8,12H2,1-3H3,(H,23,24)/t16-/m0/s1. The van der Waals surface area contributed by atoms with Gasteiger partial charge in [0.2, 0.25) is 10.0 Å². The van der Waals surface area contributed by atoms with Crippen molar-refractivity contribution in [1.82, 2.24) is 14.4 Å². The topological polar surface area (TPSA) is 88.3 Å². The average Bonchev–Trinajstić information content (AvgIpc) is 3.29. The Balaban J connectivity index is 1.56. The lowest BCUT2D eigenvalue weighted by Crippen LogP contribution is -2.29. The molecule has 4 rings (SSSR count). The van der Waals surface area contributed by atoms with E-state index in [4.69, 9.17) is 4.52 Å². The highest BCUT2D eigenvalue weighted by molar-refractivity contribution is 7.89. The predicted octanol–water partition coefficient (Wildman–Crippen LogP) is 4.06. The van der Waals surface area contributed by atoms with Crippen LogP contribution in [0.25, 0.3) is 0 Å². The highest BCUT2D eigenvalue weighted by Gasteiger charge is 2.37. The first-order valence-corrected chi connectivity index (χ1v) is 11.1. The molecule has 1 aromatic carbocycles. The highest BCUT2D eigenvalue weighted by Crippen LogP contribution is 2.33. The molecule has 1 atom stereocenters. The molecule has 158 valence electrons. The molecule has 1 fully saturated rings. The number of rotatable bonds is 5. The van der Waals surface area contributed by atoms with Gasteiger partial charge in [-0.1, -0.05) is 11.2 Å². The molecule has 7 nitrogen and oxygen atoms in total. The number of anilines is 2. The first-order valence-electron chi connectivity index (χ1n) is 9.68. The van der Waals surface area contributed by atoms with Crippen LogP contribution in [0.1, 0.15) is 35.2 Å². The molecule has 0 spiro atoms. The summed E-state index contributed by atoms with van der Waals surface area (Å²) in [7, 11) is -3.68. The molecule has 1 N–H and O–H groups in total. The quantitative estimate of drug-likeness (QED) is 0.657. The Morgan fingerprint density at radius 1 is 1.17 bits per heavy atom. The van der Waals surface area contributed by atoms with E-state index in [2.05, 4.69) is 15.5 Å². The van der Waals surface area contributed by atoms with E-state index in [1.54, 1.807) is 26.0 Å². The third kappa shape index (κ3) is 3.95. The Morgan fingerprint density at radius 2 is 1.97 bits per heavy atom. The molecule has 2 aromatic heterocycles. The SMILES string of the molecule is Cc1cc(Nc2cccc(F)c2)cc([C@H]2CCN(S(=O)(=O)c3c(C)noc3C)C2)n1. The molecule has 0 radical (unpaired) electrons. The van der Waals surface area contributed by atoms with Crippen LogP contribution in [0, 0.1) is 26.6 Å². The number of hydrogen-bond donors (Lipinski definition) is 1. The number of aryl methyl sites for hydroxylation is 3. The molecule has 0 bridgehead atoms. The maximum Gasteiger partial charge on any atom is 0.248 e. The summed E-state index contributed by atoms with van der Waals surface area (Å²) in [6.07, 6.45) is 0.665. The van der Waals surface area contributed by atoms with E-state index in [-0.39, 0.29) is 16.6 Å². The van der Waals surface area contributed by atoms with Crippen molar-refractivity contribution in [2.45, 2.75) is 38.0 Å². The largest absolute Gasteiger partial charge is 0.360 e. The molecule has 3 heterocycles. The van der Waals surface area contributed by atoms with Gasteiger partial charge < -0.3 is 9.84 Å². The van der Waals surface area contributed by atoms with Crippen LogP contribution in [0.15, 0.2) is 45.8 Å². The summed E-state index contributed by atoms with van der Waals surface area (Å²) >= 11 is 0. The normalized spacial score (nSPS) is 17.4. The molecule has 1 aliphatic heterocycles. The van der Waals surface area contributed by atoms with Crippen molar-refractivity contribution in [1.29, 1.82) is 0 Å². The second kappa shape index (κ2) is 7.81. The molecular formula is C21H23FN4O3S. The van der Waals surface area contributed by atoms with Crippen molar-refractivity contribution in [2.24, 2.45) is 0 Å². The summed E-state index contributed by atoms with van der Waals surface area (Å²) in [5.41, 5.74) is 3.41. The van der Waals surface area contributed by atoms with Crippen molar-refractivity contribution in [3.05, 3.63) is 65.1 Å². The molecule has 1 aliphatic rings. The molecule has 0 amide bonds. The van der Waals surface area contributed by atoms with Gasteiger partial charge in [0.05, 0.1) is 0 Å². The van der Waals surface area contributed by atoms with Crippen LogP contribution in [0.3, 0.4) is 0 Å². The zero-order chi connectivity index (χ0) is 21.5. The number of hydrogen-bond acceptors (Lipinski definition) is 6. The van der Waals surface area contributed by atoms with Gasteiger partial charge in [0.25, 0.3) is 0 Å². The minimum atomic E-state index is -3.68. The summed E-state index contributed by atoms with van der Waals surface area (Å²) in [6, 6.07) is 10.0. The smallest absolute Gasteiger partial charge is 0.248 e. The Labute approximate surface area is 175 Å². The summed E-state index contributed by atoms with van der Waals surface area (Å²) in [5, 5.41) is 6.97. The van der Waals surface area contributed by atoms with Crippen LogP contribution in [-0.4, -0.2) is 36.0 Å². The number of halogens is 1. The van der Waals surface area contributed by atoms with Crippen LogP contribution in [-0.2, 0) is 10.0 Å². The van der Waals surface area contributed by atoms with E-state index in [1.165, 1.54) is 16.4 Å². The van der Waals surface area contributed by atoms with E-state index >= 15 is 0 Å². The molecule has 0 unspecified atom stereocenters. The lowest BCUT2D eigenvalue weighted by atomic mass is 10.0. The van der Waals surface area contributed by atoms with E-state index in [9.17, 15) is 12.8 Å².